The van der Waals surface area contributed by atoms with Crippen LogP contribution in [-0.4, -0.2) is 62.7 Å². The lowest BCUT2D eigenvalue weighted by Gasteiger charge is -2.32. The summed E-state index contributed by atoms with van der Waals surface area (Å²) in [7, 11) is 2.21. The van der Waals surface area contributed by atoms with Crippen LogP contribution in [0.15, 0.2) is 11.6 Å². The summed E-state index contributed by atoms with van der Waals surface area (Å²) >= 11 is 0. The zero-order chi connectivity index (χ0) is 11.8. The monoisotopic (exact) mass is 225 g/mol. The van der Waals surface area contributed by atoms with Crippen LogP contribution in [0.5, 0.6) is 0 Å². The first kappa shape index (κ1) is 13.7. The SMILES string of the molecule is CC(C)=CCNCCCN1CCN(C)CC1. The van der Waals surface area contributed by atoms with E-state index >= 15 is 0 Å². The average Bonchev–Trinajstić information content (AvgIpc) is 2.25. The fourth-order valence-corrected chi connectivity index (χ4v) is 1.88. The zero-order valence-corrected chi connectivity index (χ0v) is 11.1. The van der Waals surface area contributed by atoms with Crippen molar-refractivity contribution in [1.82, 2.24) is 15.1 Å². The Morgan fingerprint density at radius 3 is 2.50 bits per heavy atom. The van der Waals surface area contributed by atoms with Crippen LogP contribution in [0.1, 0.15) is 20.3 Å². The molecule has 0 amide bonds. The van der Waals surface area contributed by atoms with Gasteiger partial charge in [-0.3, -0.25) is 0 Å². The molecule has 94 valence electrons. The van der Waals surface area contributed by atoms with Crippen molar-refractivity contribution in [2.75, 3.05) is 52.9 Å². The summed E-state index contributed by atoms with van der Waals surface area (Å²) in [5, 5.41) is 3.45. The third-order valence-corrected chi connectivity index (χ3v) is 3.08. The number of rotatable bonds is 6. The molecule has 0 radical (unpaired) electrons. The molecule has 1 N–H and O–H groups in total. The van der Waals surface area contributed by atoms with Gasteiger partial charge in [-0.05, 0) is 40.4 Å². The summed E-state index contributed by atoms with van der Waals surface area (Å²) in [6.45, 7) is 12.6. The molecule has 0 unspecified atom stereocenters. The topological polar surface area (TPSA) is 18.5 Å². The molecular weight excluding hydrogens is 198 g/mol. The standard InChI is InChI=1S/C13H27N3/c1-13(2)5-7-14-6-4-8-16-11-9-15(3)10-12-16/h5,14H,4,6-12H2,1-3H3. The van der Waals surface area contributed by atoms with Gasteiger partial charge in [-0.2, -0.15) is 0 Å². The number of piperazine rings is 1. The summed E-state index contributed by atoms with van der Waals surface area (Å²) in [5.41, 5.74) is 1.39. The lowest BCUT2D eigenvalue weighted by molar-refractivity contribution is 0.153. The van der Waals surface area contributed by atoms with E-state index < -0.39 is 0 Å². The number of likely N-dealkylation sites (N-methyl/N-ethyl adjacent to an activating group) is 1. The number of nitrogens with zero attached hydrogens (tertiary/aromatic N) is 2. The van der Waals surface area contributed by atoms with Gasteiger partial charge in [0.25, 0.3) is 0 Å². The van der Waals surface area contributed by atoms with Crippen molar-refractivity contribution in [3.8, 4) is 0 Å². The van der Waals surface area contributed by atoms with E-state index in [9.17, 15) is 0 Å². The van der Waals surface area contributed by atoms with Crippen LogP contribution in [-0.2, 0) is 0 Å². The van der Waals surface area contributed by atoms with Gasteiger partial charge in [-0.25, -0.2) is 0 Å². The van der Waals surface area contributed by atoms with Crippen molar-refractivity contribution in [2.45, 2.75) is 20.3 Å². The van der Waals surface area contributed by atoms with E-state index in [1.54, 1.807) is 0 Å². The van der Waals surface area contributed by atoms with Crippen LogP contribution in [0.25, 0.3) is 0 Å². The Kier molecular flexibility index (Phi) is 6.69. The number of hydrogen-bond donors (Lipinski definition) is 1. The van der Waals surface area contributed by atoms with Gasteiger partial charge in [-0.1, -0.05) is 11.6 Å². The minimum atomic E-state index is 1.02. The van der Waals surface area contributed by atoms with Crippen molar-refractivity contribution in [3.05, 3.63) is 11.6 Å². The third-order valence-electron chi connectivity index (χ3n) is 3.08. The van der Waals surface area contributed by atoms with Crippen LogP contribution in [0.3, 0.4) is 0 Å². The summed E-state index contributed by atoms with van der Waals surface area (Å²) in [6, 6.07) is 0. The summed E-state index contributed by atoms with van der Waals surface area (Å²) in [5.74, 6) is 0. The molecule has 3 nitrogen and oxygen atoms in total. The van der Waals surface area contributed by atoms with Crippen LogP contribution < -0.4 is 5.32 Å². The summed E-state index contributed by atoms with van der Waals surface area (Å²) in [6.07, 6.45) is 3.51. The maximum atomic E-state index is 3.45. The van der Waals surface area contributed by atoms with Crippen LogP contribution in [0.2, 0.25) is 0 Å². The molecule has 16 heavy (non-hydrogen) atoms. The lowest BCUT2D eigenvalue weighted by Crippen LogP contribution is -2.45. The fraction of sp³-hybridized carbons (Fsp3) is 0.846. The first-order valence-corrected chi connectivity index (χ1v) is 6.43. The zero-order valence-electron chi connectivity index (χ0n) is 11.1. The van der Waals surface area contributed by atoms with E-state index in [1.807, 2.05) is 0 Å². The maximum absolute atomic E-state index is 3.45. The average molecular weight is 225 g/mol. The lowest BCUT2D eigenvalue weighted by atomic mass is 10.3. The molecule has 0 aromatic heterocycles. The first-order chi connectivity index (χ1) is 7.68. The molecular formula is C13H27N3. The molecule has 1 fully saturated rings. The smallest absolute Gasteiger partial charge is 0.0137 e. The fourth-order valence-electron chi connectivity index (χ4n) is 1.88. The van der Waals surface area contributed by atoms with E-state index in [-0.39, 0.29) is 0 Å². The second-order valence-corrected chi connectivity index (χ2v) is 4.98. The Hall–Kier alpha value is -0.380. The van der Waals surface area contributed by atoms with Crippen molar-refractivity contribution in [3.63, 3.8) is 0 Å². The number of nitrogens with one attached hydrogen (secondary N) is 1. The largest absolute Gasteiger partial charge is 0.313 e. The van der Waals surface area contributed by atoms with Crippen molar-refractivity contribution < 1.29 is 0 Å². The molecule has 0 aliphatic carbocycles. The van der Waals surface area contributed by atoms with Crippen LogP contribution in [0.4, 0.5) is 0 Å². The Balaban J connectivity index is 1.93. The number of allylic oxidation sites excluding steroid dienone is 1. The highest BCUT2D eigenvalue weighted by Gasteiger charge is 2.12. The molecule has 0 saturated carbocycles. The second kappa shape index (κ2) is 7.82. The predicted octanol–water partition coefficient (Wildman–Crippen LogP) is 1.18. The van der Waals surface area contributed by atoms with Gasteiger partial charge in [-0.15, -0.1) is 0 Å². The van der Waals surface area contributed by atoms with Gasteiger partial charge < -0.3 is 15.1 Å². The van der Waals surface area contributed by atoms with E-state index in [2.05, 4.69) is 42.1 Å². The highest BCUT2D eigenvalue weighted by Crippen LogP contribution is 1.99. The molecule has 3 heteroatoms. The molecule has 0 spiro atoms. The van der Waals surface area contributed by atoms with Crippen LogP contribution >= 0.6 is 0 Å². The van der Waals surface area contributed by atoms with Crippen molar-refractivity contribution in [2.24, 2.45) is 0 Å². The van der Waals surface area contributed by atoms with Gasteiger partial charge in [0.15, 0.2) is 0 Å². The van der Waals surface area contributed by atoms with Gasteiger partial charge in [0.2, 0.25) is 0 Å². The van der Waals surface area contributed by atoms with E-state index in [0.717, 1.165) is 13.1 Å². The highest BCUT2D eigenvalue weighted by molar-refractivity contribution is 4.94. The Labute approximate surface area is 100 Å². The molecule has 0 bridgehead atoms. The van der Waals surface area contributed by atoms with E-state index in [4.69, 9.17) is 0 Å². The maximum Gasteiger partial charge on any atom is 0.0137 e. The molecule has 0 aromatic carbocycles. The van der Waals surface area contributed by atoms with Gasteiger partial charge in [0.1, 0.15) is 0 Å². The highest BCUT2D eigenvalue weighted by atomic mass is 15.2. The molecule has 1 aliphatic heterocycles. The molecule has 1 saturated heterocycles. The Morgan fingerprint density at radius 1 is 1.19 bits per heavy atom. The van der Waals surface area contributed by atoms with Gasteiger partial charge >= 0.3 is 0 Å². The van der Waals surface area contributed by atoms with Crippen LogP contribution in [0, 0.1) is 0 Å². The molecule has 1 heterocycles. The van der Waals surface area contributed by atoms with E-state index in [1.165, 1.54) is 44.7 Å². The second-order valence-electron chi connectivity index (χ2n) is 4.98. The minimum absolute atomic E-state index is 1.02. The van der Waals surface area contributed by atoms with Gasteiger partial charge in [0.05, 0.1) is 0 Å². The normalized spacial score (nSPS) is 18.7. The van der Waals surface area contributed by atoms with Crippen molar-refractivity contribution in [1.29, 1.82) is 0 Å². The molecule has 0 aromatic rings. The quantitative estimate of drug-likeness (QED) is 0.541. The third kappa shape index (κ3) is 6.26. The Morgan fingerprint density at radius 2 is 1.88 bits per heavy atom. The molecule has 0 atom stereocenters. The first-order valence-electron chi connectivity index (χ1n) is 6.43. The molecule has 1 aliphatic rings. The predicted molar refractivity (Wildman–Crippen MR) is 70.9 cm³/mol. The Bertz CT molecular complexity index is 201. The van der Waals surface area contributed by atoms with E-state index in [0.29, 0.717) is 0 Å². The minimum Gasteiger partial charge on any atom is -0.313 e. The number of hydrogen-bond acceptors (Lipinski definition) is 3. The van der Waals surface area contributed by atoms with Crippen molar-refractivity contribution >= 4 is 0 Å². The summed E-state index contributed by atoms with van der Waals surface area (Å²) in [4.78, 5) is 4.98. The van der Waals surface area contributed by atoms with Gasteiger partial charge in [0, 0.05) is 32.7 Å². The molecule has 1 rings (SSSR count). The summed E-state index contributed by atoms with van der Waals surface area (Å²) < 4.78 is 0.